The Morgan fingerprint density at radius 2 is 1.87 bits per heavy atom. The summed E-state index contributed by atoms with van der Waals surface area (Å²) >= 11 is 0. The van der Waals surface area contributed by atoms with Crippen LogP contribution in [0.2, 0.25) is 18.1 Å². The maximum absolute atomic E-state index is 11.1. The van der Waals surface area contributed by atoms with Gasteiger partial charge in [-0.1, -0.05) is 45.9 Å². The van der Waals surface area contributed by atoms with E-state index in [0.717, 1.165) is 0 Å². The molecule has 5 heteroatoms. The second kappa shape index (κ2) is 9.40. The highest BCUT2D eigenvalue weighted by Crippen LogP contribution is 2.38. The monoisotopic (exact) mass is 342 g/mol. The van der Waals surface area contributed by atoms with Gasteiger partial charge >= 0.3 is 5.97 Å². The molecule has 0 amide bonds. The average Bonchev–Trinajstić information content (AvgIpc) is 2.44. The Labute approximate surface area is 142 Å². The van der Waals surface area contributed by atoms with Crippen LogP contribution in [0.15, 0.2) is 24.3 Å². The van der Waals surface area contributed by atoms with Crippen molar-refractivity contribution >= 4 is 14.3 Å². The van der Waals surface area contributed by atoms with Crippen LogP contribution in [0.25, 0.3) is 0 Å². The molecular formula is C18H34O4Si. The average molecular weight is 343 g/mol. The number of aliphatic hydroxyl groups excluding tert-OH is 1. The topological polar surface area (TPSA) is 55.8 Å². The van der Waals surface area contributed by atoms with Gasteiger partial charge in [-0.3, -0.25) is 0 Å². The zero-order valence-corrected chi connectivity index (χ0v) is 16.9. The Morgan fingerprint density at radius 3 is 2.30 bits per heavy atom. The number of methoxy groups -OCH3 is 1. The lowest BCUT2D eigenvalue weighted by Gasteiger charge is -2.40. The molecule has 0 aromatic carbocycles. The molecule has 0 aliphatic heterocycles. The second-order valence-electron chi connectivity index (χ2n) is 7.46. The maximum atomic E-state index is 11.1. The third-order valence-corrected chi connectivity index (χ3v) is 9.05. The van der Waals surface area contributed by atoms with Crippen molar-refractivity contribution in [2.75, 3.05) is 7.11 Å². The molecule has 0 radical (unpaired) electrons. The molecule has 23 heavy (non-hydrogen) atoms. The summed E-state index contributed by atoms with van der Waals surface area (Å²) in [6, 6.07) is 0. The van der Waals surface area contributed by atoms with Gasteiger partial charge in [0.15, 0.2) is 8.32 Å². The molecular weight excluding hydrogens is 308 g/mol. The number of aliphatic hydroxyl groups is 1. The fourth-order valence-electron chi connectivity index (χ4n) is 1.83. The Hall–Kier alpha value is -0.913. The SMILES string of the molecule is C/C=C/[C@@H](O[Si](C)(C)C(C)(C)C)[C@H](C)[C@@H](O)C/C=C/C(=O)OC. The molecule has 0 saturated carbocycles. The summed E-state index contributed by atoms with van der Waals surface area (Å²) in [5.74, 6) is -0.477. The van der Waals surface area contributed by atoms with Gasteiger partial charge in [0.2, 0.25) is 0 Å². The molecule has 0 aliphatic carbocycles. The number of hydrogen-bond acceptors (Lipinski definition) is 4. The van der Waals surface area contributed by atoms with Crippen LogP contribution in [-0.4, -0.2) is 38.7 Å². The molecule has 4 nitrogen and oxygen atoms in total. The smallest absolute Gasteiger partial charge is 0.330 e. The summed E-state index contributed by atoms with van der Waals surface area (Å²) < 4.78 is 11.0. The molecule has 0 bridgehead atoms. The van der Waals surface area contributed by atoms with E-state index in [-0.39, 0.29) is 17.1 Å². The Kier molecular flexibility index (Phi) is 9.03. The van der Waals surface area contributed by atoms with Crippen molar-refractivity contribution in [3.05, 3.63) is 24.3 Å². The summed E-state index contributed by atoms with van der Waals surface area (Å²) in [4.78, 5) is 11.1. The molecule has 0 aromatic rings. The lowest BCUT2D eigenvalue weighted by molar-refractivity contribution is -0.134. The number of allylic oxidation sites excluding steroid dienone is 1. The van der Waals surface area contributed by atoms with Gasteiger partial charge in [-0.2, -0.15) is 0 Å². The number of carbonyl (C=O) groups excluding carboxylic acids is 1. The minimum absolute atomic E-state index is 0.0670. The molecule has 0 heterocycles. The van der Waals surface area contributed by atoms with Crippen molar-refractivity contribution in [3.63, 3.8) is 0 Å². The highest BCUT2D eigenvalue weighted by molar-refractivity contribution is 6.74. The van der Waals surface area contributed by atoms with Crippen molar-refractivity contribution in [1.29, 1.82) is 0 Å². The number of ether oxygens (including phenoxy) is 1. The normalized spacial score (nSPS) is 17.4. The third-order valence-electron chi connectivity index (χ3n) is 4.58. The number of carbonyl (C=O) groups is 1. The van der Waals surface area contributed by atoms with Crippen molar-refractivity contribution in [1.82, 2.24) is 0 Å². The third kappa shape index (κ3) is 7.46. The lowest BCUT2D eigenvalue weighted by Crippen LogP contribution is -2.46. The highest BCUT2D eigenvalue weighted by atomic mass is 28.4. The second-order valence-corrected chi connectivity index (χ2v) is 12.2. The number of hydrogen-bond donors (Lipinski definition) is 1. The summed E-state index contributed by atoms with van der Waals surface area (Å²) in [6.07, 6.45) is 6.64. The lowest BCUT2D eigenvalue weighted by atomic mass is 9.95. The standard InChI is InChI=1S/C18H34O4Si/c1-9-11-16(22-23(7,8)18(3,4)5)14(2)15(19)12-10-13-17(20)21-6/h9-11,13-16,19H,12H2,1-8H3/b11-9+,13-10+/t14-,15+,16-/m1/s1. The fourth-order valence-corrected chi connectivity index (χ4v) is 3.16. The van der Waals surface area contributed by atoms with E-state index in [1.54, 1.807) is 6.08 Å². The summed E-state index contributed by atoms with van der Waals surface area (Å²) in [6.45, 7) is 15.0. The van der Waals surface area contributed by atoms with E-state index in [0.29, 0.717) is 6.42 Å². The van der Waals surface area contributed by atoms with Gasteiger partial charge in [0.05, 0.1) is 19.3 Å². The first-order chi connectivity index (χ1) is 10.5. The van der Waals surface area contributed by atoms with E-state index < -0.39 is 20.4 Å². The first-order valence-corrected chi connectivity index (χ1v) is 11.1. The summed E-state index contributed by atoms with van der Waals surface area (Å²) in [5, 5.41) is 10.5. The zero-order chi connectivity index (χ0) is 18.3. The summed E-state index contributed by atoms with van der Waals surface area (Å²) in [5.41, 5.74) is 0. The van der Waals surface area contributed by atoms with Crippen molar-refractivity contribution in [2.24, 2.45) is 5.92 Å². The molecule has 0 rings (SSSR count). The fraction of sp³-hybridized carbons (Fsp3) is 0.722. The van der Waals surface area contributed by atoms with Gasteiger partial charge in [-0.25, -0.2) is 4.79 Å². The Bertz CT molecular complexity index is 421. The van der Waals surface area contributed by atoms with Crippen LogP contribution in [0.5, 0.6) is 0 Å². The molecule has 0 spiro atoms. The van der Waals surface area contributed by atoms with Gasteiger partial charge in [0.1, 0.15) is 0 Å². The van der Waals surface area contributed by atoms with E-state index in [1.165, 1.54) is 13.2 Å². The van der Waals surface area contributed by atoms with Crippen LogP contribution in [0, 0.1) is 5.92 Å². The van der Waals surface area contributed by atoms with Crippen LogP contribution < -0.4 is 0 Å². The van der Waals surface area contributed by atoms with Crippen LogP contribution >= 0.6 is 0 Å². The number of esters is 1. The predicted octanol–water partition coefficient (Wildman–Crippen LogP) is 4.07. The van der Waals surface area contributed by atoms with Gasteiger partial charge in [0.25, 0.3) is 0 Å². The van der Waals surface area contributed by atoms with E-state index in [9.17, 15) is 9.90 Å². The summed E-state index contributed by atoms with van der Waals surface area (Å²) in [7, 11) is -0.589. The largest absolute Gasteiger partial charge is 0.466 e. The number of rotatable bonds is 8. The quantitative estimate of drug-likeness (QED) is 0.313. The van der Waals surface area contributed by atoms with E-state index >= 15 is 0 Å². The van der Waals surface area contributed by atoms with Crippen LogP contribution in [-0.2, 0) is 14.0 Å². The van der Waals surface area contributed by atoms with E-state index in [4.69, 9.17) is 4.43 Å². The van der Waals surface area contributed by atoms with E-state index in [1.807, 2.05) is 26.0 Å². The van der Waals surface area contributed by atoms with Crippen molar-refractivity contribution < 1.29 is 19.1 Å². The molecule has 134 valence electrons. The molecule has 0 unspecified atom stereocenters. The minimum atomic E-state index is -1.92. The molecule has 0 saturated heterocycles. The first kappa shape index (κ1) is 22.1. The Balaban J connectivity index is 4.95. The van der Waals surface area contributed by atoms with E-state index in [2.05, 4.69) is 38.6 Å². The predicted molar refractivity (Wildman–Crippen MR) is 97.8 cm³/mol. The van der Waals surface area contributed by atoms with Gasteiger partial charge in [-0.15, -0.1) is 0 Å². The highest BCUT2D eigenvalue weighted by Gasteiger charge is 2.40. The van der Waals surface area contributed by atoms with Gasteiger partial charge in [-0.05, 0) is 31.5 Å². The minimum Gasteiger partial charge on any atom is -0.466 e. The molecule has 1 N–H and O–H groups in total. The first-order valence-electron chi connectivity index (χ1n) is 8.19. The molecule has 0 aromatic heterocycles. The van der Waals surface area contributed by atoms with Gasteiger partial charge < -0.3 is 14.3 Å². The van der Waals surface area contributed by atoms with Crippen molar-refractivity contribution in [3.8, 4) is 0 Å². The van der Waals surface area contributed by atoms with Crippen LogP contribution in [0.1, 0.15) is 41.0 Å². The Morgan fingerprint density at radius 1 is 1.30 bits per heavy atom. The van der Waals surface area contributed by atoms with Gasteiger partial charge in [0, 0.05) is 12.0 Å². The molecule has 3 atom stereocenters. The van der Waals surface area contributed by atoms with Crippen LogP contribution in [0.3, 0.4) is 0 Å². The maximum Gasteiger partial charge on any atom is 0.330 e. The zero-order valence-electron chi connectivity index (χ0n) is 15.9. The van der Waals surface area contributed by atoms with Crippen LogP contribution in [0.4, 0.5) is 0 Å². The van der Waals surface area contributed by atoms with Crippen molar-refractivity contribution in [2.45, 2.75) is 71.4 Å². The molecule has 0 aliphatic rings. The molecule has 0 fully saturated rings.